The number of sulfonamides is 1. The Morgan fingerprint density at radius 1 is 1.04 bits per heavy atom. The summed E-state index contributed by atoms with van der Waals surface area (Å²) in [5.41, 5.74) is -0.257. The maximum atomic E-state index is 14.5. The van der Waals surface area contributed by atoms with E-state index >= 15 is 0 Å². The van der Waals surface area contributed by atoms with Crippen molar-refractivity contribution in [3.05, 3.63) is 60.2 Å². The van der Waals surface area contributed by atoms with E-state index in [0.29, 0.717) is 41.6 Å². The summed E-state index contributed by atoms with van der Waals surface area (Å²) < 4.78 is 67.8. The van der Waals surface area contributed by atoms with Crippen LogP contribution in [0, 0.1) is 11.8 Å². The van der Waals surface area contributed by atoms with Crippen molar-refractivity contribution in [1.82, 2.24) is 30.2 Å². The molecule has 4 aliphatic rings. The van der Waals surface area contributed by atoms with Crippen molar-refractivity contribution in [2.75, 3.05) is 6.54 Å². The molecule has 1 saturated heterocycles. The fourth-order valence-corrected chi connectivity index (χ4v) is 8.58. The first kappa shape index (κ1) is 39.1. The first-order chi connectivity index (χ1) is 26.5. The lowest BCUT2D eigenvalue weighted by Crippen LogP contribution is -2.59. The monoisotopic (exact) mass is 794 g/mol. The maximum Gasteiger partial charge on any atom is 0.408 e. The highest BCUT2D eigenvalue weighted by molar-refractivity contribution is 7.91. The van der Waals surface area contributed by atoms with Gasteiger partial charge in [0.25, 0.3) is 5.91 Å². The number of alkyl carbamates (subject to hydrolysis) is 1. The summed E-state index contributed by atoms with van der Waals surface area (Å²) in [7, 11) is -4.14. The van der Waals surface area contributed by atoms with Crippen molar-refractivity contribution < 1.29 is 45.9 Å². The van der Waals surface area contributed by atoms with Gasteiger partial charge < -0.3 is 25.0 Å². The standard InChI is InChI=1S/C39H44F2N6O8S/c1-21(2)30-35(49)47-20-24(18-29(47)33(48)45-39(19-26(39)32(40)41)36(50)46-56(52,53)25-13-14-25)54-34-31(23-10-6-5-7-11-23)42-27-15-12-22(17-28(27)43-34)9-8-16-38(3,4)55-37(51)44-30/h5-12,15,17,21,24-26,29-30,32H,13-14,16,18-20H2,1-4H3,(H,44,51)(H,45,48)(H,46,50)/b9-8+/t24-,26+,29+,30+,39+/m1/s1. The number of fused-ring (bicyclic) bond motifs is 4. The molecule has 2 aliphatic carbocycles. The van der Waals surface area contributed by atoms with E-state index in [4.69, 9.17) is 19.4 Å². The van der Waals surface area contributed by atoms with Crippen LogP contribution in [0.3, 0.4) is 0 Å². The zero-order chi connectivity index (χ0) is 40.2. The lowest BCUT2D eigenvalue weighted by molar-refractivity contribution is -0.142. The second-order valence-electron chi connectivity index (χ2n) is 15.9. The van der Waals surface area contributed by atoms with Crippen LogP contribution in [-0.2, 0) is 29.1 Å². The molecule has 5 atom stereocenters. The van der Waals surface area contributed by atoms with Gasteiger partial charge in [-0.25, -0.2) is 32.0 Å². The lowest BCUT2D eigenvalue weighted by atomic mass is 10.0. The third-order valence-electron chi connectivity index (χ3n) is 10.6. The number of cyclic esters (lactones) is 1. The quantitative estimate of drug-likeness (QED) is 0.296. The highest BCUT2D eigenvalue weighted by Gasteiger charge is 2.66. The van der Waals surface area contributed by atoms with Crippen molar-refractivity contribution in [2.45, 2.75) is 101 Å². The number of nitrogens with one attached hydrogen (secondary N) is 3. The van der Waals surface area contributed by atoms with E-state index in [0.717, 1.165) is 5.56 Å². The van der Waals surface area contributed by atoms with Gasteiger partial charge in [0.05, 0.1) is 28.7 Å². The zero-order valence-corrected chi connectivity index (χ0v) is 32.1. The molecule has 5 bridgehead atoms. The van der Waals surface area contributed by atoms with E-state index in [-0.39, 0.29) is 18.8 Å². The Kier molecular flexibility index (Phi) is 10.3. The van der Waals surface area contributed by atoms with E-state index in [2.05, 4.69) is 10.6 Å². The molecule has 3 N–H and O–H groups in total. The van der Waals surface area contributed by atoms with Crippen LogP contribution in [0.4, 0.5) is 13.6 Å². The van der Waals surface area contributed by atoms with Gasteiger partial charge in [-0.2, -0.15) is 0 Å². The van der Waals surface area contributed by atoms with Crippen LogP contribution in [-0.4, -0.2) is 94.6 Å². The number of carbonyl (C=O) groups excluding carboxylic acids is 4. The minimum absolute atomic E-state index is 0.119. The van der Waals surface area contributed by atoms with Gasteiger partial charge in [-0.3, -0.25) is 19.1 Å². The molecule has 14 nitrogen and oxygen atoms in total. The summed E-state index contributed by atoms with van der Waals surface area (Å²) in [4.78, 5) is 66.3. The molecular weight excluding hydrogens is 751 g/mol. The van der Waals surface area contributed by atoms with Gasteiger partial charge in [0.2, 0.25) is 34.1 Å². The second kappa shape index (κ2) is 14.7. The van der Waals surface area contributed by atoms with Gasteiger partial charge >= 0.3 is 6.09 Å². The molecule has 1 aromatic heterocycles. The number of rotatable bonds is 8. The molecule has 0 radical (unpaired) electrons. The van der Waals surface area contributed by atoms with Crippen LogP contribution in [0.2, 0.25) is 0 Å². The molecule has 7 rings (SSSR count). The molecule has 17 heteroatoms. The Balaban J connectivity index is 1.27. The Morgan fingerprint density at radius 3 is 2.43 bits per heavy atom. The number of aromatic nitrogens is 2. The Bertz CT molecular complexity index is 2200. The predicted octanol–water partition coefficient (Wildman–Crippen LogP) is 4.34. The normalized spacial score (nSPS) is 27.0. The van der Waals surface area contributed by atoms with Gasteiger partial charge in [-0.1, -0.05) is 62.4 Å². The molecule has 2 saturated carbocycles. The van der Waals surface area contributed by atoms with Crippen molar-refractivity contribution in [2.24, 2.45) is 11.8 Å². The topological polar surface area (TPSA) is 186 Å². The van der Waals surface area contributed by atoms with Crippen LogP contribution in [0.5, 0.6) is 5.88 Å². The molecular formula is C39H44F2N6O8S. The van der Waals surface area contributed by atoms with Crippen LogP contribution in [0.15, 0.2) is 54.6 Å². The summed E-state index contributed by atoms with van der Waals surface area (Å²) in [6.07, 6.45) is -0.828. The third kappa shape index (κ3) is 8.04. The Morgan fingerprint density at radius 2 is 1.77 bits per heavy atom. The number of benzene rings is 2. The predicted molar refractivity (Wildman–Crippen MR) is 201 cm³/mol. The summed E-state index contributed by atoms with van der Waals surface area (Å²) >= 11 is 0. The number of nitrogens with zero attached hydrogens (tertiary/aromatic N) is 3. The molecule has 0 unspecified atom stereocenters. The molecule has 3 fully saturated rings. The second-order valence-corrected chi connectivity index (χ2v) is 17.8. The fraction of sp³-hybridized carbons (Fsp3) is 0.487. The van der Waals surface area contributed by atoms with Crippen LogP contribution in [0.25, 0.3) is 28.4 Å². The van der Waals surface area contributed by atoms with Gasteiger partial charge in [0, 0.05) is 18.4 Å². The van der Waals surface area contributed by atoms with E-state index < -0.39 is 93.1 Å². The number of amides is 4. The summed E-state index contributed by atoms with van der Waals surface area (Å²) in [6, 6.07) is 12.1. The van der Waals surface area contributed by atoms with E-state index in [9.17, 15) is 36.4 Å². The highest BCUT2D eigenvalue weighted by atomic mass is 32.2. The molecule has 3 heterocycles. The number of ether oxygens (including phenoxy) is 2. The molecule has 4 amide bonds. The summed E-state index contributed by atoms with van der Waals surface area (Å²) in [6.45, 7) is 6.64. The molecule has 3 aromatic rings. The zero-order valence-electron chi connectivity index (χ0n) is 31.3. The first-order valence-corrected chi connectivity index (χ1v) is 20.2. The van der Waals surface area contributed by atoms with Gasteiger partial charge in [-0.15, -0.1) is 0 Å². The Labute approximate surface area is 322 Å². The third-order valence-corrected chi connectivity index (χ3v) is 12.4. The first-order valence-electron chi connectivity index (χ1n) is 18.6. The molecule has 2 aliphatic heterocycles. The molecule has 298 valence electrons. The largest absolute Gasteiger partial charge is 0.471 e. The lowest BCUT2D eigenvalue weighted by Gasteiger charge is -2.32. The average molecular weight is 795 g/mol. The minimum Gasteiger partial charge on any atom is -0.471 e. The van der Waals surface area contributed by atoms with Gasteiger partial charge in [-0.05, 0) is 56.7 Å². The van der Waals surface area contributed by atoms with E-state index in [1.54, 1.807) is 27.7 Å². The molecule has 2 aromatic carbocycles. The molecule has 0 spiro atoms. The number of halogens is 2. The van der Waals surface area contributed by atoms with Gasteiger partial charge in [0.15, 0.2) is 0 Å². The summed E-state index contributed by atoms with van der Waals surface area (Å²) in [5, 5.41) is 4.25. The number of carbonyl (C=O) groups is 4. The minimum atomic E-state index is -4.14. The van der Waals surface area contributed by atoms with E-state index in [1.807, 2.05) is 65.4 Å². The van der Waals surface area contributed by atoms with Crippen LogP contribution < -0.4 is 20.1 Å². The van der Waals surface area contributed by atoms with Crippen LogP contribution in [0.1, 0.15) is 65.4 Å². The Hall–Kier alpha value is -5.19. The van der Waals surface area contributed by atoms with Gasteiger partial charge in [0.1, 0.15) is 35.0 Å². The number of alkyl halides is 2. The van der Waals surface area contributed by atoms with Crippen molar-refractivity contribution in [3.8, 4) is 17.1 Å². The van der Waals surface area contributed by atoms with Crippen molar-refractivity contribution >= 4 is 50.9 Å². The summed E-state index contributed by atoms with van der Waals surface area (Å²) in [5.74, 6) is -4.96. The van der Waals surface area contributed by atoms with Crippen LogP contribution >= 0.6 is 0 Å². The smallest absolute Gasteiger partial charge is 0.408 e. The highest BCUT2D eigenvalue weighted by Crippen LogP contribution is 2.48. The van der Waals surface area contributed by atoms with E-state index in [1.165, 1.54) is 4.90 Å². The number of hydrogen-bond donors (Lipinski definition) is 3. The SMILES string of the molecule is CC(C)[C@@H]1NC(=O)OC(C)(C)C/C=C/c2ccc3nc(-c4ccccc4)c(nc3c2)O[C@@H]2C[C@@H](C(=O)N[C@@]3(C(=O)NS(=O)(=O)C4CC4)C[C@H]3C(F)F)N(C2)C1=O. The number of hydrogen-bond acceptors (Lipinski definition) is 10. The molecule has 56 heavy (non-hydrogen) atoms. The average Bonchev–Trinajstić information content (AvgIpc) is 4.06. The fourth-order valence-electron chi connectivity index (χ4n) is 7.22. The van der Waals surface area contributed by atoms with Crippen molar-refractivity contribution in [1.29, 1.82) is 0 Å². The maximum absolute atomic E-state index is 14.5. The van der Waals surface area contributed by atoms with Crippen molar-refractivity contribution in [3.63, 3.8) is 0 Å².